The molecule has 0 unspecified atom stereocenters. The van der Waals surface area contributed by atoms with Gasteiger partial charge in [0.1, 0.15) is 5.75 Å². The fourth-order valence-electron chi connectivity index (χ4n) is 1.80. The Morgan fingerprint density at radius 2 is 1.74 bits per heavy atom. The van der Waals surface area contributed by atoms with Crippen LogP contribution in [-0.2, 0) is 0 Å². The second-order valence-electron chi connectivity index (χ2n) is 4.37. The number of aromatic nitrogens is 1. The zero-order valence-corrected chi connectivity index (χ0v) is 11.4. The van der Waals surface area contributed by atoms with Crippen LogP contribution < -0.4 is 9.64 Å². The summed E-state index contributed by atoms with van der Waals surface area (Å²) in [7, 11) is 3.62. The maximum absolute atomic E-state index is 9.44. The lowest BCUT2D eigenvalue weighted by Crippen LogP contribution is -2.10. The predicted molar refractivity (Wildman–Crippen MR) is 75.9 cm³/mol. The van der Waals surface area contributed by atoms with Crippen LogP contribution in [0.25, 0.3) is 0 Å². The first-order valence-corrected chi connectivity index (χ1v) is 6.13. The third-order valence-electron chi connectivity index (χ3n) is 3.05. The van der Waals surface area contributed by atoms with Crippen LogP contribution in [0.3, 0.4) is 0 Å². The van der Waals surface area contributed by atoms with Crippen LogP contribution >= 0.6 is 0 Å². The highest BCUT2D eigenvalue weighted by atomic mass is 16.5. The Balaban J connectivity index is 2.20. The molecule has 0 radical (unpaired) electrons. The van der Waals surface area contributed by atoms with Gasteiger partial charge in [-0.15, -0.1) is 0 Å². The summed E-state index contributed by atoms with van der Waals surface area (Å²) in [5.41, 5.74) is 2.69. The van der Waals surface area contributed by atoms with Gasteiger partial charge in [0.15, 0.2) is 0 Å². The van der Waals surface area contributed by atoms with E-state index in [4.69, 9.17) is 4.74 Å². The van der Waals surface area contributed by atoms with Crippen LogP contribution in [-0.4, -0.2) is 24.2 Å². The average Bonchev–Trinajstić information content (AvgIpc) is 2.46. The average molecular weight is 258 g/mol. The van der Waals surface area contributed by atoms with Crippen LogP contribution in [0.1, 0.15) is 18.7 Å². The highest BCUT2D eigenvalue weighted by molar-refractivity contribution is 5.62. The number of aliphatic hydroxyl groups excluding tert-OH is 1. The number of anilines is 2. The standard InChI is InChI=1S/C15H18N2O2/c1-11(18)15-9-6-13(10-16-15)17(2)12-4-7-14(19-3)8-5-12/h4-11,18H,1-3H3/t11-/m0/s1. The number of hydrogen-bond donors (Lipinski definition) is 1. The molecule has 0 aliphatic heterocycles. The number of pyridine rings is 1. The molecule has 2 rings (SSSR count). The molecule has 1 heterocycles. The summed E-state index contributed by atoms with van der Waals surface area (Å²) in [6.07, 6.45) is 1.21. The van der Waals surface area contributed by atoms with Crippen LogP contribution in [0.4, 0.5) is 11.4 Å². The maximum Gasteiger partial charge on any atom is 0.119 e. The summed E-state index contributed by atoms with van der Waals surface area (Å²) in [6, 6.07) is 11.6. The number of methoxy groups -OCH3 is 1. The van der Waals surface area contributed by atoms with E-state index in [-0.39, 0.29) is 0 Å². The van der Waals surface area contributed by atoms with Crippen molar-refractivity contribution in [3.8, 4) is 5.75 Å². The molecule has 0 spiro atoms. The van der Waals surface area contributed by atoms with E-state index in [1.165, 1.54) is 0 Å². The van der Waals surface area contributed by atoms with Crippen molar-refractivity contribution in [3.63, 3.8) is 0 Å². The Labute approximate surface area is 113 Å². The summed E-state index contributed by atoms with van der Waals surface area (Å²) >= 11 is 0. The lowest BCUT2D eigenvalue weighted by molar-refractivity contribution is 0.194. The first kappa shape index (κ1) is 13.4. The highest BCUT2D eigenvalue weighted by Gasteiger charge is 2.06. The van der Waals surface area contributed by atoms with Gasteiger partial charge in [0, 0.05) is 12.7 Å². The number of ether oxygens (including phenoxy) is 1. The van der Waals surface area contributed by atoms with Gasteiger partial charge in [0.25, 0.3) is 0 Å². The SMILES string of the molecule is COc1ccc(N(C)c2ccc([C@H](C)O)nc2)cc1. The van der Waals surface area contributed by atoms with Gasteiger partial charge >= 0.3 is 0 Å². The lowest BCUT2D eigenvalue weighted by Gasteiger charge is -2.19. The van der Waals surface area contributed by atoms with Crippen LogP contribution in [0.15, 0.2) is 42.6 Å². The number of nitrogens with zero attached hydrogens (tertiary/aromatic N) is 2. The third-order valence-corrected chi connectivity index (χ3v) is 3.05. The van der Waals surface area contributed by atoms with Crippen molar-refractivity contribution in [1.29, 1.82) is 0 Å². The monoisotopic (exact) mass is 258 g/mol. The van der Waals surface area contributed by atoms with Crippen molar-refractivity contribution >= 4 is 11.4 Å². The molecule has 0 amide bonds. The number of hydrogen-bond acceptors (Lipinski definition) is 4. The van der Waals surface area contributed by atoms with E-state index in [2.05, 4.69) is 4.98 Å². The Hall–Kier alpha value is -2.07. The quantitative estimate of drug-likeness (QED) is 0.916. The molecule has 0 bridgehead atoms. The summed E-state index contributed by atoms with van der Waals surface area (Å²) in [5.74, 6) is 0.833. The zero-order chi connectivity index (χ0) is 13.8. The molecule has 2 aromatic rings. The molecule has 1 aromatic heterocycles. The molecule has 1 N–H and O–H groups in total. The minimum absolute atomic E-state index is 0.541. The largest absolute Gasteiger partial charge is 0.497 e. The Morgan fingerprint density at radius 3 is 2.21 bits per heavy atom. The maximum atomic E-state index is 9.44. The summed E-state index contributed by atoms with van der Waals surface area (Å²) in [5, 5.41) is 9.44. The van der Waals surface area contributed by atoms with Crippen LogP contribution in [0.5, 0.6) is 5.75 Å². The van der Waals surface area contributed by atoms with E-state index in [1.807, 2.05) is 48.3 Å². The molecule has 0 saturated heterocycles. The van der Waals surface area contributed by atoms with Crippen LogP contribution in [0, 0.1) is 0 Å². The van der Waals surface area contributed by atoms with Gasteiger partial charge in [-0.1, -0.05) is 0 Å². The van der Waals surface area contributed by atoms with E-state index in [0.29, 0.717) is 5.69 Å². The molecule has 0 saturated carbocycles. The molecule has 19 heavy (non-hydrogen) atoms. The lowest BCUT2D eigenvalue weighted by atomic mass is 10.2. The fourth-order valence-corrected chi connectivity index (χ4v) is 1.80. The van der Waals surface area contributed by atoms with Crippen molar-refractivity contribution in [1.82, 2.24) is 4.98 Å². The predicted octanol–water partition coefficient (Wildman–Crippen LogP) is 2.91. The van der Waals surface area contributed by atoms with E-state index in [0.717, 1.165) is 17.1 Å². The second-order valence-corrected chi connectivity index (χ2v) is 4.37. The summed E-state index contributed by atoms with van der Waals surface area (Å²) in [6.45, 7) is 1.70. The van der Waals surface area contributed by atoms with Gasteiger partial charge in [0.05, 0.1) is 30.8 Å². The molecule has 4 heteroatoms. The smallest absolute Gasteiger partial charge is 0.119 e. The van der Waals surface area contributed by atoms with Crippen LogP contribution in [0.2, 0.25) is 0 Å². The second kappa shape index (κ2) is 5.71. The van der Waals surface area contributed by atoms with E-state index in [9.17, 15) is 5.11 Å². The van der Waals surface area contributed by atoms with Gasteiger partial charge in [-0.3, -0.25) is 4.98 Å². The number of benzene rings is 1. The molecule has 0 aliphatic carbocycles. The molecule has 0 aliphatic rings. The summed E-state index contributed by atoms with van der Waals surface area (Å²) < 4.78 is 5.14. The van der Waals surface area contributed by atoms with Gasteiger partial charge < -0.3 is 14.7 Å². The molecule has 0 fully saturated rings. The Bertz CT molecular complexity index is 521. The van der Waals surface area contributed by atoms with Crippen molar-refractivity contribution in [2.24, 2.45) is 0 Å². The van der Waals surface area contributed by atoms with Gasteiger partial charge in [0.2, 0.25) is 0 Å². The van der Waals surface area contributed by atoms with E-state index < -0.39 is 6.10 Å². The van der Waals surface area contributed by atoms with E-state index in [1.54, 1.807) is 20.2 Å². The molecule has 1 atom stereocenters. The topological polar surface area (TPSA) is 45.6 Å². The fraction of sp³-hybridized carbons (Fsp3) is 0.267. The third kappa shape index (κ3) is 3.03. The van der Waals surface area contributed by atoms with Crippen molar-refractivity contribution in [2.45, 2.75) is 13.0 Å². The molecule has 100 valence electrons. The number of rotatable bonds is 4. The van der Waals surface area contributed by atoms with Crippen molar-refractivity contribution in [3.05, 3.63) is 48.3 Å². The summed E-state index contributed by atoms with van der Waals surface area (Å²) in [4.78, 5) is 6.27. The first-order chi connectivity index (χ1) is 9.11. The molecule has 4 nitrogen and oxygen atoms in total. The molecule has 1 aromatic carbocycles. The Kier molecular flexibility index (Phi) is 4.02. The van der Waals surface area contributed by atoms with Gasteiger partial charge in [-0.25, -0.2) is 0 Å². The van der Waals surface area contributed by atoms with Gasteiger partial charge in [-0.05, 0) is 43.3 Å². The normalized spacial score (nSPS) is 12.0. The minimum Gasteiger partial charge on any atom is -0.497 e. The first-order valence-electron chi connectivity index (χ1n) is 6.13. The molecular formula is C15H18N2O2. The van der Waals surface area contributed by atoms with Crippen molar-refractivity contribution < 1.29 is 9.84 Å². The zero-order valence-electron chi connectivity index (χ0n) is 11.4. The Morgan fingerprint density at radius 1 is 1.11 bits per heavy atom. The number of aliphatic hydroxyl groups is 1. The van der Waals surface area contributed by atoms with Crippen molar-refractivity contribution in [2.75, 3.05) is 19.1 Å². The van der Waals surface area contributed by atoms with Gasteiger partial charge in [-0.2, -0.15) is 0 Å². The molecular weight excluding hydrogens is 240 g/mol. The highest BCUT2D eigenvalue weighted by Crippen LogP contribution is 2.25. The minimum atomic E-state index is -0.541. The van der Waals surface area contributed by atoms with E-state index >= 15 is 0 Å².